The van der Waals surface area contributed by atoms with Crippen LogP contribution >= 0.6 is 0 Å². The maximum Gasteiger partial charge on any atom is 0.305 e. The largest absolute Gasteiger partial charge is 0.469 e. The smallest absolute Gasteiger partial charge is 0.305 e. The summed E-state index contributed by atoms with van der Waals surface area (Å²) in [5.74, 6) is 4.38. The van der Waals surface area contributed by atoms with Gasteiger partial charge in [-0.2, -0.15) is 0 Å². The van der Waals surface area contributed by atoms with Crippen molar-refractivity contribution in [2.24, 2.45) is 29.6 Å². The van der Waals surface area contributed by atoms with Gasteiger partial charge in [-0.15, -0.1) is 0 Å². The molecule has 2 rings (SSSR count). The van der Waals surface area contributed by atoms with Gasteiger partial charge in [0.25, 0.3) is 0 Å². The first-order valence-electron chi connectivity index (χ1n) is 11.4. The molecule has 0 amide bonds. The van der Waals surface area contributed by atoms with E-state index in [1.54, 1.807) is 0 Å². The van der Waals surface area contributed by atoms with E-state index in [4.69, 9.17) is 4.74 Å². The average Bonchev–Trinajstić information content (AvgIpc) is 3.12. The number of allylic oxidation sites excluding steroid dienone is 2. The lowest BCUT2D eigenvalue weighted by Crippen LogP contribution is -2.23. The molecule has 26 heavy (non-hydrogen) atoms. The molecule has 0 aromatic heterocycles. The minimum atomic E-state index is -0.0395. The summed E-state index contributed by atoms with van der Waals surface area (Å²) in [5, 5.41) is 0. The molecule has 0 radical (unpaired) electrons. The Kier molecular flexibility index (Phi) is 9.78. The zero-order chi connectivity index (χ0) is 18.8. The molecule has 2 aliphatic carbocycles. The van der Waals surface area contributed by atoms with Gasteiger partial charge < -0.3 is 4.74 Å². The second kappa shape index (κ2) is 11.8. The molecular formula is C24H42O2. The number of rotatable bonds is 10. The first-order chi connectivity index (χ1) is 12.7. The van der Waals surface area contributed by atoms with Gasteiger partial charge >= 0.3 is 5.97 Å². The fourth-order valence-corrected chi connectivity index (χ4v) is 5.65. The fraction of sp³-hybridized carbons (Fsp3) is 0.875. The van der Waals surface area contributed by atoms with Gasteiger partial charge in [-0.1, -0.05) is 44.8 Å². The van der Waals surface area contributed by atoms with Crippen LogP contribution < -0.4 is 0 Å². The van der Waals surface area contributed by atoms with Crippen LogP contribution in [0, 0.1) is 29.6 Å². The van der Waals surface area contributed by atoms with Crippen molar-refractivity contribution < 1.29 is 9.53 Å². The fourth-order valence-electron chi connectivity index (χ4n) is 5.65. The molecule has 1 unspecified atom stereocenters. The molecular weight excluding hydrogens is 320 g/mol. The predicted molar refractivity (Wildman–Crippen MR) is 110 cm³/mol. The molecule has 0 heterocycles. The van der Waals surface area contributed by atoms with Gasteiger partial charge in [0.15, 0.2) is 0 Å². The molecule has 150 valence electrons. The number of esters is 1. The van der Waals surface area contributed by atoms with E-state index in [1.165, 1.54) is 77.7 Å². The summed E-state index contributed by atoms with van der Waals surface area (Å²) in [6.45, 7) is 4.51. The molecule has 0 N–H and O–H groups in total. The SMILES string of the molecule is CC=C[C@H]1CCC[C@@H]1CCC(CCCC(=O)OC)C1CCC(CC)CC1. The van der Waals surface area contributed by atoms with Crippen LogP contribution in [0.25, 0.3) is 0 Å². The molecule has 0 aromatic carbocycles. The van der Waals surface area contributed by atoms with Crippen molar-refractivity contribution in [3.63, 3.8) is 0 Å². The van der Waals surface area contributed by atoms with Crippen molar-refractivity contribution in [3.8, 4) is 0 Å². The maximum absolute atomic E-state index is 11.5. The van der Waals surface area contributed by atoms with E-state index in [2.05, 4.69) is 26.0 Å². The Morgan fingerprint density at radius 2 is 1.88 bits per heavy atom. The zero-order valence-corrected chi connectivity index (χ0v) is 17.6. The minimum Gasteiger partial charge on any atom is -0.469 e. The van der Waals surface area contributed by atoms with Gasteiger partial charge in [0.2, 0.25) is 0 Å². The van der Waals surface area contributed by atoms with Crippen LogP contribution in [-0.2, 0) is 9.53 Å². The van der Waals surface area contributed by atoms with Crippen LogP contribution in [0.3, 0.4) is 0 Å². The molecule has 0 aliphatic heterocycles. The molecule has 2 heteroatoms. The van der Waals surface area contributed by atoms with Gasteiger partial charge in [0.05, 0.1) is 7.11 Å². The Hall–Kier alpha value is -0.790. The Morgan fingerprint density at radius 3 is 2.54 bits per heavy atom. The second-order valence-corrected chi connectivity index (χ2v) is 8.88. The van der Waals surface area contributed by atoms with Crippen molar-refractivity contribution in [1.82, 2.24) is 0 Å². The third-order valence-electron chi connectivity index (χ3n) is 7.38. The summed E-state index contributed by atoms with van der Waals surface area (Å²) in [7, 11) is 1.51. The first kappa shape index (κ1) is 21.5. The quantitative estimate of drug-likeness (QED) is 0.311. The van der Waals surface area contributed by atoms with E-state index >= 15 is 0 Å². The topological polar surface area (TPSA) is 26.3 Å². The first-order valence-corrected chi connectivity index (χ1v) is 11.4. The van der Waals surface area contributed by atoms with Crippen molar-refractivity contribution >= 4 is 5.97 Å². The summed E-state index contributed by atoms with van der Waals surface area (Å²) in [4.78, 5) is 11.5. The Bertz CT molecular complexity index is 420. The number of methoxy groups -OCH3 is 1. The zero-order valence-electron chi connectivity index (χ0n) is 17.6. The third-order valence-corrected chi connectivity index (χ3v) is 7.38. The molecule has 0 bridgehead atoms. The van der Waals surface area contributed by atoms with Crippen LogP contribution in [0.15, 0.2) is 12.2 Å². The van der Waals surface area contributed by atoms with Crippen LogP contribution in [0.4, 0.5) is 0 Å². The van der Waals surface area contributed by atoms with Crippen molar-refractivity contribution in [3.05, 3.63) is 12.2 Å². The number of ether oxygens (including phenoxy) is 1. The van der Waals surface area contributed by atoms with Crippen molar-refractivity contribution in [2.75, 3.05) is 7.11 Å². The van der Waals surface area contributed by atoms with E-state index < -0.39 is 0 Å². The van der Waals surface area contributed by atoms with Gasteiger partial charge in [0.1, 0.15) is 0 Å². The van der Waals surface area contributed by atoms with Gasteiger partial charge in [-0.3, -0.25) is 4.79 Å². The number of hydrogen-bond acceptors (Lipinski definition) is 2. The van der Waals surface area contributed by atoms with Gasteiger partial charge in [-0.05, 0) is 87.9 Å². The van der Waals surface area contributed by atoms with E-state index in [1.807, 2.05) is 0 Å². The van der Waals surface area contributed by atoms with Crippen molar-refractivity contribution in [1.29, 1.82) is 0 Å². The molecule has 0 spiro atoms. The van der Waals surface area contributed by atoms with E-state index in [-0.39, 0.29) is 5.97 Å². The van der Waals surface area contributed by atoms with E-state index in [0.29, 0.717) is 6.42 Å². The maximum atomic E-state index is 11.5. The highest BCUT2D eigenvalue weighted by Crippen LogP contribution is 2.42. The summed E-state index contributed by atoms with van der Waals surface area (Å²) in [5.41, 5.74) is 0. The van der Waals surface area contributed by atoms with Crippen LogP contribution in [-0.4, -0.2) is 13.1 Å². The van der Waals surface area contributed by atoms with Crippen LogP contribution in [0.2, 0.25) is 0 Å². The Balaban J connectivity index is 1.86. The van der Waals surface area contributed by atoms with E-state index in [0.717, 1.165) is 36.0 Å². The molecule has 3 atom stereocenters. The lowest BCUT2D eigenvalue weighted by Gasteiger charge is -2.34. The average molecular weight is 363 g/mol. The van der Waals surface area contributed by atoms with Crippen molar-refractivity contribution in [2.45, 2.75) is 97.3 Å². The number of carbonyl (C=O) groups excluding carboxylic acids is 1. The Morgan fingerprint density at radius 1 is 1.12 bits per heavy atom. The summed E-state index contributed by atoms with van der Waals surface area (Å²) >= 11 is 0. The standard InChI is InChI=1S/C24H42O2/c1-4-8-20-9-6-10-21(20)17-18-22(11-7-12-24(25)26-3)23-15-13-19(5-2)14-16-23/h4,8,19-23H,5-7,9-18H2,1-3H3/t19?,20-,21+,22?,23?/m0/s1. The summed E-state index contributed by atoms with van der Waals surface area (Å²) < 4.78 is 4.84. The Labute approximate surface area is 162 Å². The number of carbonyl (C=O) groups is 1. The molecule has 2 nitrogen and oxygen atoms in total. The molecule has 2 fully saturated rings. The third kappa shape index (κ3) is 6.74. The number of hydrogen-bond donors (Lipinski definition) is 0. The monoisotopic (exact) mass is 362 g/mol. The second-order valence-electron chi connectivity index (χ2n) is 8.88. The molecule has 0 saturated heterocycles. The van der Waals surface area contributed by atoms with Crippen LogP contribution in [0.5, 0.6) is 0 Å². The highest BCUT2D eigenvalue weighted by atomic mass is 16.5. The lowest BCUT2D eigenvalue weighted by molar-refractivity contribution is -0.140. The highest BCUT2D eigenvalue weighted by molar-refractivity contribution is 5.68. The molecule has 2 aliphatic rings. The lowest BCUT2D eigenvalue weighted by atomic mass is 9.71. The van der Waals surface area contributed by atoms with Gasteiger partial charge in [0, 0.05) is 6.42 Å². The summed E-state index contributed by atoms with van der Waals surface area (Å²) in [6, 6.07) is 0. The molecule has 0 aromatic rings. The minimum absolute atomic E-state index is 0.0395. The predicted octanol–water partition coefficient (Wildman–Crippen LogP) is 6.93. The summed E-state index contributed by atoms with van der Waals surface area (Å²) in [6.07, 6.45) is 21.6. The van der Waals surface area contributed by atoms with E-state index in [9.17, 15) is 4.79 Å². The van der Waals surface area contributed by atoms with Crippen LogP contribution in [0.1, 0.15) is 97.3 Å². The van der Waals surface area contributed by atoms with Gasteiger partial charge in [-0.25, -0.2) is 0 Å². The molecule has 2 saturated carbocycles. The highest BCUT2D eigenvalue weighted by Gasteiger charge is 2.30. The normalized spacial score (nSPS) is 30.6.